The minimum absolute atomic E-state index is 0.109. The fraction of sp³-hybridized carbons (Fsp3) is 0.250. The molecule has 0 radical (unpaired) electrons. The third-order valence-corrected chi connectivity index (χ3v) is 12.7. The van der Waals surface area contributed by atoms with Gasteiger partial charge < -0.3 is 9.80 Å². The third-order valence-electron chi connectivity index (χ3n) is 12.7. The van der Waals surface area contributed by atoms with Crippen molar-refractivity contribution in [2.75, 3.05) is 9.80 Å². The maximum atomic E-state index is 2.50. The Morgan fingerprint density at radius 2 is 0.621 bits per heavy atom. The lowest BCUT2D eigenvalue weighted by atomic mass is 9.65. The van der Waals surface area contributed by atoms with Crippen molar-refractivity contribution in [2.45, 2.75) is 90.9 Å². The van der Waals surface area contributed by atoms with Crippen molar-refractivity contribution >= 4 is 34.1 Å². The van der Waals surface area contributed by atoms with Gasteiger partial charge in [0, 0.05) is 45.0 Å². The molecule has 2 nitrogen and oxygen atoms in total. The molecular formula is C56H56N2. The summed E-state index contributed by atoms with van der Waals surface area (Å²) in [5.74, 6) is 0. The van der Waals surface area contributed by atoms with E-state index < -0.39 is 0 Å². The highest BCUT2D eigenvalue weighted by molar-refractivity contribution is 5.98. The maximum Gasteiger partial charge on any atom is 0.0465 e. The van der Waals surface area contributed by atoms with Crippen LogP contribution in [0.15, 0.2) is 158 Å². The van der Waals surface area contributed by atoms with Gasteiger partial charge in [0.2, 0.25) is 0 Å². The Bertz CT molecular complexity index is 2390. The average molecular weight is 757 g/mol. The minimum Gasteiger partial charge on any atom is -0.310 e. The van der Waals surface area contributed by atoms with Crippen molar-refractivity contribution in [1.29, 1.82) is 0 Å². The quantitative estimate of drug-likeness (QED) is 0.167. The standard InChI is InChI=1S/C56H56N2/c1-53(2,3)49-47-43-33-31-41(57(37-23-15-11-16-24-37)38-25-17-12-18-26-38)35-45(43)55(7,8)51(47)52-48(50(49)54(4,5)6)44-34-32-42(36-46(44)56(52,9)10)58(39-27-19-13-20-28-39)40-29-21-14-22-30-40/h11-36H,1-10H3. The Morgan fingerprint density at radius 1 is 0.345 bits per heavy atom. The number of hydrogen-bond acceptors (Lipinski definition) is 2. The lowest BCUT2D eigenvalue weighted by Gasteiger charge is -2.38. The molecule has 2 aliphatic rings. The highest BCUT2D eigenvalue weighted by Crippen LogP contribution is 2.64. The Labute approximate surface area is 346 Å². The predicted molar refractivity (Wildman–Crippen MR) is 248 cm³/mol. The Hall–Kier alpha value is -5.86. The summed E-state index contributed by atoms with van der Waals surface area (Å²) in [6, 6.07) is 57.8. The Morgan fingerprint density at radius 3 is 0.879 bits per heavy atom. The molecule has 0 unspecified atom stereocenters. The zero-order valence-corrected chi connectivity index (χ0v) is 35.9. The average Bonchev–Trinajstić information content (AvgIpc) is 3.57. The number of rotatable bonds is 6. The van der Waals surface area contributed by atoms with Gasteiger partial charge in [-0.25, -0.2) is 0 Å². The number of nitrogens with zero attached hydrogens (tertiary/aromatic N) is 2. The van der Waals surface area contributed by atoms with E-state index in [9.17, 15) is 0 Å². The van der Waals surface area contributed by atoms with E-state index in [-0.39, 0.29) is 21.7 Å². The van der Waals surface area contributed by atoms with Crippen molar-refractivity contribution in [3.05, 3.63) is 191 Å². The molecule has 7 aromatic carbocycles. The molecule has 0 spiro atoms. The molecule has 7 aromatic rings. The van der Waals surface area contributed by atoms with Crippen LogP contribution in [0.2, 0.25) is 0 Å². The summed E-state index contributed by atoms with van der Waals surface area (Å²) in [4.78, 5) is 4.81. The first-order chi connectivity index (χ1) is 27.6. The zero-order chi connectivity index (χ0) is 40.8. The van der Waals surface area contributed by atoms with Gasteiger partial charge in [-0.15, -0.1) is 0 Å². The number of benzene rings is 7. The molecule has 0 heterocycles. The molecule has 58 heavy (non-hydrogen) atoms. The highest BCUT2D eigenvalue weighted by Gasteiger charge is 2.51. The molecule has 9 rings (SSSR count). The van der Waals surface area contributed by atoms with Gasteiger partial charge in [-0.05, 0) is 139 Å². The molecule has 2 aliphatic carbocycles. The van der Waals surface area contributed by atoms with E-state index in [1.165, 1.54) is 67.0 Å². The molecule has 0 fully saturated rings. The topological polar surface area (TPSA) is 6.48 Å². The highest BCUT2D eigenvalue weighted by atomic mass is 15.1. The lowest BCUT2D eigenvalue weighted by Crippen LogP contribution is -2.29. The Balaban J connectivity index is 1.31. The van der Waals surface area contributed by atoms with E-state index in [0.29, 0.717) is 0 Å². The smallest absolute Gasteiger partial charge is 0.0465 e. The van der Waals surface area contributed by atoms with Crippen LogP contribution in [0, 0.1) is 0 Å². The molecule has 0 bridgehead atoms. The third kappa shape index (κ3) is 5.83. The van der Waals surface area contributed by atoms with Crippen LogP contribution in [0.5, 0.6) is 0 Å². The number of hydrogen-bond donors (Lipinski definition) is 0. The van der Waals surface area contributed by atoms with Gasteiger partial charge in [-0.2, -0.15) is 0 Å². The van der Waals surface area contributed by atoms with Crippen LogP contribution in [-0.2, 0) is 21.7 Å². The van der Waals surface area contributed by atoms with Crippen LogP contribution in [0.4, 0.5) is 34.1 Å². The summed E-state index contributed by atoms with van der Waals surface area (Å²) in [7, 11) is 0. The van der Waals surface area contributed by atoms with Gasteiger partial charge in [0.15, 0.2) is 0 Å². The van der Waals surface area contributed by atoms with Crippen molar-refractivity contribution < 1.29 is 0 Å². The Kier molecular flexibility index (Phi) is 8.68. The van der Waals surface area contributed by atoms with Gasteiger partial charge in [0.1, 0.15) is 0 Å². The first-order valence-corrected chi connectivity index (χ1v) is 21.0. The van der Waals surface area contributed by atoms with Crippen LogP contribution in [0.25, 0.3) is 22.3 Å². The van der Waals surface area contributed by atoms with Crippen molar-refractivity contribution in [2.24, 2.45) is 0 Å². The van der Waals surface area contributed by atoms with Gasteiger partial charge in [0.25, 0.3) is 0 Å². The van der Waals surface area contributed by atoms with Crippen LogP contribution >= 0.6 is 0 Å². The van der Waals surface area contributed by atoms with Gasteiger partial charge >= 0.3 is 0 Å². The monoisotopic (exact) mass is 756 g/mol. The van der Waals surface area contributed by atoms with E-state index in [4.69, 9.17) is 0 Å². The second kappa shape index (κ2) is 13.3. The number of para-hydroxylation sites is 4. The van der Waals surface area contributed by atoms with E-state index in [0.717, 1.165) is 22.7 Å². The SMILES string of the molecule is CC(C)(C)c1c2c(c3c(c1C(C)(C)C)-c1ccc(N(c4ccccc4)c4ccccc4)cc1C3(C)C)C(C)(C)c1cc(N(c3ccccc3)c3ccccc3)ccc1-2. The van der Waals surface area contributed by atoms with E-state index in [2.05, 4.69) is 237 Å². The normalized spacial score (nSPS) is 14.7. The van der Waals surface area contributed by atoms with Gasteiger partial charge in [-0.3, -0.25) is 0 Å². The van der Waals surface area contributed by atoms with Crippen molar-refractivity contribution in [1.82, 2.24) is 0 Å². The lowest BCUT2D eigenvalue weighted by molar-refractivity contribution is 0.527. The molecule has 0 aromatic heterocycles. The molecule has 0 amide bonds. The zero-order valence-electron chi connectivity index (χ0n) is 35.9. The maximum absolute atomic E-state index is 2.50. The summed E-state index contributed by atoms with van der Waals surface area (Å²) in [6.07, 6.45) is 0. The molecular weight excluding hydrogens is 701 g/mol. The van der Waals surface area contributed by atoms with Gasteiger partial charge in [-0.1, -0.05) is 154 Å². The second-order valence-corrected chi connectivity index (χ2v) is 19.5. The minimum atomic E-state index is -0.261. The largest absolute Gasteiger partial charge is 0.310 e. The van der Waals surface area contributed by atoms with Crippen LogP contribution < -0.4 is 9.80 Å². The molecule has 0 aliphatic heterocycles. The van der Waals surface area contributed by atoms with Crippen LogP contribution in [-0.4, -0.2) is 0 Å². The van der Waals surface area contributed by atoms with E-state index in [1.807, 2.05) is 0 Å². The number of fused-ring (bicyclic) bond motifs is 7. The molecule has 0 atom stereocenters. The van der Waals surface area contributed by atoms with Crippen molar-refractivity contribution in [3.63, 3.8) is 0 Å². The molecule has 290 valence electrons. The first-order valence-electron chi connectivity index (χ1n) is 21.0. The summed E-state index contributed by atoms with van der Waals surface area (Å²) in [5, 5.41) is 0. The molecule has 0 saturated heterocycles. The molecule has 2 heteroatoms. The summed E-state index contributed by atoms with van der Waals surface area (Å²) >= 11 is 0. The summed E-state index contributed by atoms with van der Waals surface area (Å²) < 4.78 is 0. The van der Waals surface area contributed by atoms with Gasteiger partial charge in [0.05, 0.1) is 0 Å². The summed E-state index contributed by atoms with van der Waals surface area (Å²) in [6.45, 7) is 24.5. The first kappa shape index (κ1) is 37.7. The fourth-order valence-electron chi connectivity index (χ4n) is 10.3. The summed E-state index contributed by atoms with van der Waals surface area (Å²) in [5.41, 5.74) is 20.6. The van der Waals surface area contributed by atoms with Crippen LogP contribution in [0.3, 0.4) is 0 Å². The van der Waals surface area contributed by atoms with Crippen molar-refractivity contribution in [3.8, 4) is 22.3 Å². The molecule has 0 N–H and O–H groups in total. The van der Waals surface area contributed by atoms with E-state index >= 15 is 0 Å². The van der Waals surface area contributed by atoms with E-state index in [1.54, 1.807) is 0 Å². The predicted octanol–water partition coefficient (Wildman–Crippen LogP) is 15.8. The van der Waals surface area contributed by atoms with Crippen LogP contribution in [0.1, 0.15) is 103 Å². The fourth-order valence-corrected chi connectivity index (χ4v) is 10.3. The number of anilines is 6. The molecule has 0 saturated carbocycles. The second-order valence-electron chi connectivity index (χ2n) is 19.5.